The van der Waals surface area contributed by atoms with Crippen LogP contribution in [-0.4, -0.2) is 0 Å². The van der Waals surface area contributed by atoms with Gasteiger partial charge in [-0.2, -0.15) is 11.3 Å². The summed E-state index contributed by atoms with van der Waals surface area (Å²) in [7, 11) is 0. The molecule has 18 heavy (non-hydrogen) atoms. The minimum absolute atomic E-state index is 0.375. The van der Waals surface area contributed by atoms with Crippen molar-refractivity contribution in [3.63, 3.8) is 0 Å². The molecular formula is C16H21NS. The lowest BCUT2D eigenvalue weighted by Crippen LogP contribution is -2.22. The summed E-state index contributed by atoms with van der Waals surface area (Å²) in [5, 5.41) is 8.02. The van der Waals surface area contributed by atoms with Crippen LogP contribution in [0.3, 0.4) is 0 Å². The summed E-state index contributed by atoms with van der Waals surface area (Å²) >= 11 is 1.76. The molecule has 0 saturated carbocycles. The van der Waals surface area contributed by atoms with E-state index in [0.717, 1.165) is 0 Å². The lowest BCUT2D eigenvalue weighted by molar-refractivity contribution is 0.494. The second-order valence-electron chi connectivity index (χ2n) is 5.03. The zero-order chi connectivity index (χ0) is 13.1. The zero-order valence-electron chi connectivity index (χ0n) is 11.5. The Bertz CT molecular complexity index is 502. The van der Waals surface area contributed by atoms with Gasteiger partial charge in [0.25, 0.3) is 0 Å². The maximum absolute atomic E-state index is 3.67. The maximum atomic E-state index is 3.67. The van der Waals surface area contributed by atoms with Gasteiger partial charge in [-0.25, -0.2) is 0 Å². The van der Waals surface area contributed by atoms with Crippen LogP contribution in [0.1, 0.15) is 48.2 Å². The van der Waals surface area contributed by atoms with Crippen LogP contribution >= 0.6 is 11.3 Å². The lowest BCUT2D eigenvalue weighted by Gasteiger charge is -2.21. The molecule has 0 spiro atoms. The van der Waals surface area contributed by atoms with E-state index in [2.05, 4.69) is 68.0 Å². The van der Waals surface area contributed by atoms with Gasteiger partial charge in [-0.1, -0.05) is 23.8 Å². The van der Waals surface area contributed by atoms with Gasteiger partial charge in [0.2, 0.25) is 0 Å². The van der Waals surface area contributed by atoms with Crippen LogP contribution in [0.5, 0.6) is 0 Å². The smallest absolute Gasteiger partial charge is 0.0305 e. The van der Waals surface area contributed by atoms with Crippen molar-refractivity contribution in [2.24, 2.45) is 0 Å². The Morgan fingerprint density at radius 3 is 2.50 bits per heavy atom. The second-order valence-corrected chi connectivity index (χ2v) is 5.81. The molecule has 1 heterocycles. The summed E-state index contributed by atoms with van der Waals surface area (Å²) in [4.78, 5) is 0. The Kier molecular flexibility index (Phi) is 4.20. The van der Waals surface area contributed by atoms with Crippen molar-refractivity contribution in [1.29, 1.82) is 0 Å². The molecule has 1 nitrogen and oxygen atoms in total. The normalized spacial score (nSPS) is 14.4. The Balaban J connectivity index is 2.12. The van der Waals surface area contributed by atoms with Gasteiger partial charge < -0.3 is 5.32 Å². The quantitative estimate of drug-likeness (QED) is 0.833. The summed E-state index contributed by atoms with van der Waals surface area (Å²) < 4.78 is 0. The van der Waals surface area contributed by atoms with Crippen molar-refractivity contribution in [1.82, 2.24) is 5.32 Å². The van der Waals surface area contributed by atoms with Crippen LogP contribution < -0.4 is 5.32 Å². The van der Waals surface area contributed by atoms with E-state index in [9.17, 15) is 0 Å². The number of nitrogens with one attached hydrogen (secondary N) is 1. The lowest BCUT2D eigenvalue weighted by atomic mass is 9.99. The van der Waals surface area contributed by atoms with Crippen molar-refractivity contribution in [2.45, 2.75) is 39.8 Å². The van der Waals surface area contributed by atoms with E-state index < -0.39 is 0 Å². The number of hydrogen-bond acceptors (Lipinski definition) is 2. The second kappa shape index (κ2) is 5.68. The number of benzene rings is 1. The minimum atomic E-state index is 0.375. The monoisotopic (exact) mass is 259 g/mol. The highest BCUT2D eigenvalue weighted by molar-refractivity contribution is 7.07. The summed E-state index contributed by atoms with van der Waals surface area (Å²) in [6.45, 7) is 8.80. The van der Waals surface area contributed by atoms with Crippen molar-refractivity contribution in [2.75, 3.05) is 0 Å². The summed E-state index contributed by atoms with van der Waals surface area (Å²) in [6.07, 6.45) is 0. The molecule has 0 aliphatic rings. The van der Waals surface area contributed by atoms with E-state index in [1.807, 2.05) is 0 Å². The molecule has 2 aromatic rings. The molecule has 96 valence electrons. The van der Waals surface area contributed by atoms with Crippen LogP contribution in [0.25, 0.3) is 0 Å². The van der Waals surface area contributed by atoms with Crippen LogP contribution in [0.15, 0.2) is 35.0 Å². The van der Waals surface area contributed by atoms with Crippen molar-refractivity contribution < 1.29 is 0 Å². The molecule has 2 rings (SSSR count). The third-order valence-corrected chi connectivity index (χ3v) is 4.15. The molecule has 0 aliphatic carbocycles. The zero-order valence-corrected chi connectivity index (χ0v) is 12.3. The molecule has 0 fully saturated rings. The third kappa shape index (κ3) is 3.01. The molecule has 2 atom stereocenters. The van der Waals surface area contributed by atoms with Crippen molar-refractivity contribution in [3.05, 3.63) is 57.3 Å². The molecule has 2 heteroatoms. The van der Waals surface area contributed by atoms with Gasteiger partial charge in [0, 0.05) is 12.1 Å². The average Bonchev–Trinajstić information content (AvgIpc) is 2.85. The number of rotatable bonds is 4. The van der Waals surface area contributed by atoms with Gasteiger partial charge >= 0.3 is 0 Å². The Hall–Kier alpha value is -1.12. The van der Waals surface area contributed by atoms with E-state index >= 15 is 0 Å². The number of thiophene rings is 1. The van der Waals surface area contributed by atoms with Crippen LogP contribution in [-0.2, 0) is 0 Å². The fourth-order valence-electron chi connectivity index (χ4n) is 2.31. The molecule has 0 saturated heterocycles. The fraction of sp³-hybridized carbons (Fsp3) is 0.375. The Morgan fingerprint density at radius 2 is 1.83 bits per heavy atom. The van der Waals surface area contributed by atoms with Gasteiger partial charge in [0.05, 0.1) is 0 Å². The third-order valence-electron chi connectivity index (χ3n) is 3.44. The predicted molar refractivity (Wildman–Crippen MR) is 80.2 cm³/mol. The summed E-state index contributed by atoms with van der Waals surface area (Å²) in [6, 6.07) is 9.63. The molecule has 0 bridgehead atoms. The fourth-order valence-corrected chi connectivity index (χ4v) is 3.06. The van der Waals surface area contributed by atoms with Gasteiger partial charge in [-0.05, 0) is 61.2 Å². The van der Waals surface area contributed by atoms with Crippen LogP contribution in [0.2, 0.25) is 0 Å². The van der Waals surface area contributed by atoms with Gasteiger partial charge in [0.15, 0.2) is 0 Å². The first-order valence-corrected chi connectivity index (χ1v) is 7.37. The highest BCUT2D eigenvalue weighted by Gasteiger charge is 2.13. The number of hydrogen-bond donors (Lipinski definition) is 1. The van der Waals surface area contributed by atoms with Crippen molar-refractivity contribution in [3.8, 4) is 0 Å². The molecule has 1 aromatic heterocycles. The van der Waals surface area contributed by atoms with Gasteiger partial charge in [-0.15, -0.1) is 0 Å². The molecule has 0 radical (unpaired) electrons. The molecule has 1 N–H and O–H groups in total. The van der Waals surface area contributed by atoms with Gasteiger partial charge in [0.1, 0.15) is 0 Å². The number of aryl methyl sites for hydroxylation is 2. The highest BCUT2D eigenvalue weighted by atomic mass is 32.1. The largest absolute Gasteiger partial charge is 0.304 e. The van der Waals surface area contributed by atoms with E-state index in [0.29, 0.717) is 12.1 Å². The highest BCUT2D eigenvalue weighted by Crippen LogP contribution is 2.23. The standard InChI is InChI=1S/C16H21NS/c1-11-5-6-12(2)16(9-11)14(4)17-13(3)15-7-8-18-10-15/h5-10,13-14,17H,1-4H3. The summed E-state index contributed by atoms with van der Waals surface area (Å²) in [5.41, 5.74) is 5.46. The maximum Gasteiger partial charge on any atom is 0.0305 e. The Morgan fingerprint density at radius 1 is 1.06 bits per heavy atom. The first kappa shape index (κ1) is 13.3. The van der Waals surface area contributed by atoms with Gasteiger partial charge in [-0.3, -0.25) is 0 Å². The molecule has 1 aromatic carbocycles. The predicted octanol–water partition coefficient (Wildman–Crippen LogP) is 4.78. The molecule has 0 aliphatic heterocycles. The Labute approximate surface area is 114 Å². The first-order chi connectivity index (χ1) is 8.58. The van der Waals surface area contributed by atoms with E-state index in [4.69, 9.17) is 0 Å². The van der Waals surface area contributed by atoms with E-state index in [-0.39, 0.29) is 0 Å². The topological polar surface area (TPSA) is 12.0 Å². The molecular weight excluding hydrogens is 238 g/mol. The minimum Gasteiger partial charge on any atom is -0.304 e. The van der Waals surface area contributed by atoms with Crippen LogP contribution in [0, 0.1) is 13.8 Å². The van der Waals surface area contributed by atoms with Crippen molar-refractivity contribution >= 4 is 11.3 Å². The summed E-state index contributed by atoms with van der Waals surface area (Å²) in [5.74, 6) is 0. The van der Waals surface area contributed by atoms with E-state index in [1.54, 1.807) is 11.3 Å². The molecule has 0 amide bonds. The van der Waals surface area contributed by atoms with E-state index in [1.165, 1.54) is 22.3 Å². The first-order valence-electron chi connectivity index (χ1n) is 6.43. The van der Waals surface area contributed by atoms with Crippen LogP contribution in [0.4, 0.5) is 0 Å². The average molecular weight is 259 g/mol. The SMILES string of the molecule is Cc1ccc(C)c(C(C)NC(C)c2ccsc2)c1. The molecule has 2 unspecified atom stereocenters.